The smallest absolute Gasteiger partial charge is 0.244 e. The molecule has 1 amide bonds. The predicted molar refractivity (Wildman–Crippen MR) is 80.8 cm³/mol. The summed E-state index contributed by atoms with van der Waals surface area (Å²) in [7, 11) is 0. The van der Waals surface area contributed by atoms with Crippen LogP contribution in [0.2, 0.25) is 0 Å². The van der Waals surface area contributed by atoms with Crippen LogP contribution in [0.25, 0.3) is 6.08 Å². The van der Waals surface area contributed by atoms with Gasteiger partial charge in [-0.25, -0.2) is 0 Å². The Morgan fingerprint density at radius 1 is 1.48 bits per heavy atom. The van der Waals surface area contributed by atoms with Crippen molar-refractivity contribution in [3.8, 4) is 0 Å². The molecule has 0 spiro atoms. The molecule has 6 heteroatoms. The zero-order valence-electron chi connectivity index (χ0n) is 11.4. The summed E-state index contributed by atoms with van der Waals surface area (Å²) in [5.41, 5.74) is 0. The van der Waals surface area contributed by atoms with E-state index in [4.69, 9.17) is 14.3 Å². The molecule has 0 aliphatic heterocycles. The van der Waals surface area contributed by atoms with Gasteiger partial charge in [0.25, 0.3) is 0 Å². The second-order valence-electron chi connectivity index (χ2n) is 4.19. The third-order valence-electron chi connectivity index (χ3n) is 2.67. The lowest BCUT2D eigenvalue weighted by molar-refractivity contribution is -0.117. The molecular weight excluding hydrogens is 290 g/mol. The lowest BCUT2D eigenvalue weighted by atomic mass is 10.3. The Balaban J connectivity index is 1.84. The molecule has 0 aromatic carbocycles. The minimum Gasteiger partial charge on any atom is -0.465 e. The highest BCUT2D eigenvalue weighted by atomic mass is 32.1. The van der Waals surface area contributed by atoms with Crippen LogP contribution < -0.4 is 5.32 Å². The van der Waals surface area contributed by atoms with Crippen LogP contribution in [0.1, 0.15) is 16.7 Å². The number of hydrogen-bond donors (Lipinski definition) is 2. The van der Waals surface area contributed by atoms with Gasteiger partial charge < -0.3 is 19.6 Å². The van der Waals surface area contributed by atoms with Gasteiger partial charge in [0.05, 0.1) is 19.5 Å². The lowest BCUT2D eigenvalue weighted by Crippen LogP contribution is -2.28. The summed E-state index contributed by atoms with van der Waals surface area (Å²) in [4.78, 5) is 12.8. The SMILES string of the molecule is O=C(C=Cc1ccco1)NCC(OCCO)c1cccs1. The molecule has 0 saturated carbocycles. The van der Waals surface area contributed by atoms with Crippen LogP contribution in [0.3, 0.4) is 0 Å². The van der Waals surface area contributed by atoms with Crippen molar-refractivity contribution in [2.45, 2.75) is 6.10 Å². The van der Waals surface area contributed by atoms with Crippen molar-refractivity contribution in [2.75, 3.05) is 19.8 Å². The number of aliphatic hydroxyl groups is 1. The highest BCUT2D eigenvalue weighted by Gasteiger charge is 2.13. The molecule has 5 nitrogen and oxygen atoms in total. The van der Waals surface area contributed by atoms with Gasteiger partial charge in [0, 0.05) is 17.5 Å². The minimum atomic E-state index is -0.252. The zero-order valence-corrected chi connectivity index (χ0v) is 12.2. The fraction of sp³-hybridized carbons (Fsp3) is 0.267. The number of aliphatic hydroxyl groups excluding tert-OH is 1. The number of hydrogen-bond acceptors (Lipinski definition) is 5. The fourth-order valence-electron chi connectivity index (χ4n) is 1.71. The molecule has 0 radical (unpaired) electrons. The minimum absolute atomic E-state index is 0.0474. The number of carbonyl (C=O) groups is 1. The van der Waals surface area contributed by atoms with Gasteiger partial charge in [0.1, 0.15) is 11.9 Å². The third kappa shape index (κ3) is 5.18. The van der Waals surface area contributed by atoms with Gasteiger partial charge in [0.15, 0.2) is 0 Å². The van der Waals surface area contributed by atoms with Crippen LogP contribution in [0.4, 0.5) is 0 Å². The Morgan fingerprint density at radius 2 is 2.38 bits per heavy atom. The molecule has 0 saturated heterocycles. The standard InChI is InChI=1S/C15H17NO4S/c17-7-9-20-13(14-4-2-10-21-14)11-16-15(18)6-5-12-3-1-8-19-12/h1-6,8,10,13,17H,7,9,11H2,(H,16,18). The Labute approximate surface area is 126 Å². The van der Waals surface area contributed by atoms with Crippen LogP contribution in [-0.2, 0) is 9.53 Å². The van der Waals surface area contributed by atoms with E-state index in [-0.39, 0.29) is 25.2 Å². The van der Waals surface area contributed by atoms with Crippen LogP contribution in [0.5, 0.6) is 0 Å². The zero-order chi connectivity index (χ0) is 14.9. The summed E-state index contributed by atoms with van der Waals surface area (Å²) in [6.45, 7) is 0.538. The maximum Gasteiger partial charge on any atom is 0.244 e. The van der Waals surface area contributed by atoms with Crippen molar-refractivity contribution >= 4 is 23.3 Å². The Kier molecular flexibility index (Phi) is 6.21. The van der Waals surface area contributed by atoms with Crippen molar-refractivity contribution in [2.24, 2.45) is 0 Å². The van der Waals surface area contributed by atoms with E-state index in [1.165, 1.54) is 6.08 Å². The second kappa shape index (κ2) is 8.41. The highest BCUT2D eigenvalue weighted by Crippen LogP contribution is 2.21. The van der Waals surface area contributed by atoms with Gasteiger partial charge in [-0.15, -0.1) is 11.3 Å². The molecule has 2 aromatic rings. The monoisotopic (exact) mass is 307 g/mol. The van der Waals surface area contributed by atoms with E-state index >= 15 is 0 Å². The van der Waals surface area contributed by atoms with E-state index in [9.17, 15) is 4.79 Å². The van der Waals surface area contributed by atoms with E-state index in [1.807, 2.05) is 17.5 Å². The van der Waals surface area contributed by atoms with Crippen LogP contribution >= 0.6 is 11.3 Å². The van der Waals surface area contributed by atoms with Crippen LogP contribution in [0, 0.1) is 0 Å². The summed E-state index contributed by atoms with van der Waals surface area (Å²) in [5, 5.41) is 13.6. The first-order chi connectivity index (χ1) is 10.3. The first-order valence-corrected chi connectivity index (χ1v) is 7.43. The molecule has 2 heterocycles. The van der Waals surface area contributed by atoms with E-state index in [0.29, 0.717) is 12.3 Å². The molecule has 1 unspecified atom stereocenters. The molecular formula is C15H17NO4S. The number of furan rings is 1. The highest BCUT2D eigenvalue weighted by molar-refractivity contribution is 7.10. The molecule has 2 aromatic heterocycles. The average molecular weight is 307 g/mol. The van der Waals surface area contributed by atoms with Crippen molar-refractivity contribution in [1.82, 2.24) is 5.32 Å². The van der Waals surface area contributed by atoms with Crippen LogP contribution in [-0.4, -0.2) is 30.8 Å². The molecule has 2 N–H and O–H groups in total. The first-order valence-electron chi connectivity index (χ1n) is 6.55. The van der Waals surface area contributed by atoms with Crippen molar-refractivity contribution in [1.29, 1.82) is 0 Å². The van der Waals surface area contributed by atoms with Crippen molar-refractivity contribution in [3.63, 3.8) is 0 Å². The van der Waals surface area contributed by atoms with Gasteiger partial charge in [-0.1, -0.05) is 6.07 Å². The summed E-state index contributed by atoms with van der Waals surface area (Å²) in [5.74, 6) is 0.400. The number of carbonyl (C=O) groups excluding carboxylic acids is 1. The number of ether oxygens (including phenoxy) is 1. The quantitative estimate of drug-likeness (QED) is 0.734. The summed E-state index contributed by atoms with van der Waals surface area (Å²) in [6.07, 6.45) is 4.31. The van der Waals surface area contributed by atoms with Gasteiger partial charge >= 0.3 is 0 Å². The van der Waals surface area contributed by atoms with E-state index < -0.39 is 0 Å². The van der Waals surface area contributed by atoms with Crippen molar-refractivity contribution < 1.29 is 19.1 Å². The van der Waals surface area contributed by atoms with E-state index in [1.54, 1.807) is 35.8 Å². The van der Waals surface area contributed by atoms with Gasteiger partial charge in [0.2, 0.25) is 5.91 Å². The van der Waals surface area contributed by atoms with Gasteiger partial charge in [-0.3, -0.25) is 4.79 Å². The predicted octanol–water partition coefficient (Wildman–Crippen LogP) is 2.22. The first kappa shape index (κ1) is 15.5. The molecule has 2 rings (SSSR count). The molecule has 21 heavy (non-hydrogen) atoms. The van der Waals surface area contributed by atoms with Crippen molar-refractivity contribution in [3.05, 3.63) is 52.6 Å². The van der Waals surface area contributed by atoms with Gasteiger partial charge in [-0.2, -0.15) is 0 Å². The Morgan fingerprint density at radius 3 is 3.05 bits per heavy atom. The average Bonchev–Trinajstić information content (AvgIpc) is 3.18. The number of nitrogens with one attached hydrogen (secondary N) is 1. The normalized spacial score (nSPS) is 12.6. The molecule has 0 bridgehead atoms. The topological polar surface area (TPSA) is 71.7 Å². The molecule has 1 atom stereocenters. The lowest BCUT2D eigenvalue weighted by Gasteiger charge is -2.16. The van der Waals surface area contributed by atoms with E-state index in [2.05, 4.69) is 5.32 Å². The number of rotatable bonds is 8. The van der Waals surface area contributed by atoms with Gasteiger partial charge in [-0.05, 0) is 29.7 Å². The Bertz CT molecular complexity index is 548. The molecule has 0 aliphatic carbocycles. The molecule has 0 fully saturated rings. The summed E-state index contributed by atoms with van der Waals surface area (Å²) in [6, 6.07) is 7.39. The molecule has 0 aliphatic rings. The van der Waals surface area contributed by atoms with Crippen LogP contribution in [0.15, 0.2) is 46.4 Å². The maximum absolute atomic E-state index is 11.7. The number of amides is 1. The molecule has 112 valence electrons. The largest absolute Gasteiger partial charge is 0.465 e. The van der Waals surface area contributed by atoms with E-state index in [0.717, 1.165) is 4.88 Å². The Hall–Kier alpha value is -1.89. The fourth-order valence-corrected chi connectivity index (χ4v) is 2.48. The summed E-state index contributed by atoms with van der Waals surface area (Å²) >= 11 is 1.55. The third-order valence-corrected chi connectivity index (χ3v) is 3.64. The maximum atomic E-state index is 11.7. The number of thiophene rings is 1. The second-order valence-corrected chi connectivity index (χ2v) is 5.17. The summed E-state index contributed by atoms with van der Waals surface area (Å²) < 4.78 is 10.6.